The summed E-state index contributed by atoms with van der Waals surface area (Å²) in [6, 6.07) is 9.92. The monoisotopic (exact) mass is 416 g/mol. The molecule has 2 amide bonds. The molecule has 1 fully saturated rings. The SMILES string of the molecule is O=C(c1cccc(C(F)(F)F)c1Cl)N1CCN(c2ccccc2Cl)C(=O)C1. The third-order valence-corrected chi connectivity index (χ3v) is 4.91. The fourth-order valence-corrected chi connectivity index (χ4v) is 3.41. The summed E-state index contributed by atoms with van der Waals surface area (Å²) in [6.45, 7) is 0.0316. The zero-order valence-electron chi connectivity index (χ0n) is 13.8. The van der Waals surface area contributed by atoms with Gasteiger partial charge in [-0.05, 0) is 24.3 Å². The van der Waals surface area contributed by atoms with E-state index in [4.69, 9.17) is 23.2 Å². The zero-order valence-corrected chi connectivity index (χ0v) is 15.3. The van der Waals surface area contributed by atoms with Crippen LogP contribution < -0.4 is 4.90 Å². The molecule has 1 aliphatic heterocycles. The highest BCUT2D eigenvalue weighted by molar-refractivity contribution is 6.35. The van der Waals surface area contributed by atoms with Crippen molar-refractivity contribution in [1.82, 2.24) is 4.90 Å². The van der Waals surface area contributed by atoms with Gasteiger partial charge in [0.15, 0.2) is 0 Å². The highest BCUT2D eigenvalue weighted by Crippen LogP contribution is 2.36. The minimum absolute atomic E-state index is 0.141. The Labute approximate surface area is 163 Å². The van der Waals surface area contributed by atoms with Crippen molar-refractivity contribution >= 4 is 40.7 Å². The summed E-state index contributed by atoms with van der Waals surface area (Å²) in [5.74, 6) is -1.11. The Balaban J connectivity index is 1.81. The average Bonchev–Trinajstić information content (AvgIpc) is 2.61. The van der Waals surface area contributed by atoms with Gasteiger partial charge in [-0.25, -0.2) is 0 Å². The number of piperazine rings is 1. The van der Waals surface area contributed by atoms with Crippen LogP contribution in [0.2, 0.25) is 10.0 Å². The molecule has 3 rings (SSSR count). The molecule has 0 N–H and O–H groups in total. The van der Waals surface area contributed by atoms with Crippen LogP contribution in [0.4, 0.5) is 18.9 Å². The van der Waals surface area contributed by atoms with Gasteiger partial charge in [0.1, 0.15) is 6.54 Å². The first kappa shape index (κ1) is 19.5. The normalized spacial score (nSPS) is 15.2. The Kier molecular flexibility index (Phi) is 5.35. The summed E-state index contributed by atoms with van der Waals surface area (Å²) < 4.78 is 39.0. The maximum atomic E-state index is 13.0. The van der Waals surface area contributed by atoms with E-state index in [1.807, 2.05) is 0 Å². The molecule has 142 valence electrons. The van der Waals surface area contributed by atoms with Gasteiger partial charge in [0.05, 0.1) is 26.9 Å². The van der Waals surface area contributed by atoms with E-state index in [0.717, 1.165) is 12.1 Å². The summed E-state index contributed by atoms with van der Waals surface area (Å²) >= 11 is 11.9. The molecule has 2 aromatic carbocycles. The number of benzene rings is 2. The van der Waals surface area contributed by atoms with Crippen LogP contribution in [0.3, 0.4) is 0 Å². The quantitative estimate of drug-likeness (QED) is 0.722. The lowest BCUT2D eigenvalue weighted by Crippen LogP contribution is -2.52. The van der Waals surface area contributed by atoms with Crippen molar-refractivity contribution in [1.29, 1.82) is 0 Å². The van der Waals surface area contributed by atoms with Gasteiger partial charge in [0.25, 0.3) is 5.91 Å². The number of halogens is 5. The van der Waals surface area contributed by atoms with Crippen LogP contribution >= 0.6 is 23.2 Å². The molecule has 4 nitrogen and oxygen atoms in total. The summed E-state index contributed by atoms with van der Waals surface area (Å²) in [4.78, 5) is 27.7. The molecule has 0 unspecified atom stereocenters. The fraction of sp³-hybridized carbons (Fsp3) is 0.222. The predicted molar refractivity (Wildman–Crippen MR) is 96.2 cm³/mol. The van der Waals surface area contributed by atoms with E-state index in [0.29, 0.717) is 10.7 Å². The van der Waals surface area contributed by atoms with Crippen LogP contribution in [-0.2, 0) is 11.0 Å². The van der Waals surface area contributed by atoms with Crippen molar-refractivity contribution in [3.63, 3.8) is 0 Å². The Morgan fingerprint density at radius 2 is 1.70 bits per heavy atom. The molecular weight excluding hydrogens is 404 g/mol. The third-order valence-electron chi connectivity index (χ3n) is 4.19. The molecule has 9 heteroatoms. The van der Waals surface area contributed by atoms with Crippen LogP contribution in [-0.4, -0.2) is 36.3 Å². The van der Waals surface area contributed by atoms with Crippen molar-refractivity contribution < 1.29 is 22.8 Å². The number of hydrogen-bond donors (Lipinski definition) is 0. The Morgan fingerprint density at radius 3 is 2.33 bits per heavy atom. The lowest BCUT2D eigenvalue weighted by molar-refractivity contribution is -0.137. The number of amides is 2. The lowest BCUT2D eigenvalue weighted by atomic mass is 10.1. The maximum absolute atomic E-state index is 13.0. The van der Waals surface area contributed by atoms with Gasteiger partial charge in [-0.1, -0.05) is 41.4 Å². The van der Waals surface area contributed by atoms with Gasteiger partial charge < -0.3 is 9.80 Å². The van der Waals surface area contributed by atoms with Crippen molar-refractivity contribution in [2.24, 2.45) is 0 Å². The number of para-hydroxylation sites is 1. The first-order chi connectivity index (χ1) is 12.7. The number of carbonyl (C=O) groups is 2. The highest BCUT2D eigenvalue weighted by atomic mass is 35.5. The van der Waals surface area contributed by atoms with Crippen molar-refractivity contribution in [2.75, 3.05) is 24.5 Å². The third kappa shape index (κ3) is 3.89. The molecule has 0 atom stereocenters. The Morgan fingerprint density at radius 1 is 1.00 bits per heavy atom. The number of rotatable bonds is 2. The summed E-state index contributed by atoms with van der Waals surface area (Å²) in [7, 11) is 0. The molecule has 2 aromatic rings. The second-order valence-electron chi connectivity index (χ2n) is 5.89. The average molecular weight is 417 g/mol. The largest absolute Gasteiger partial charge is 0.417 e. The molecule has 0 bridgehead atoms. The number of anilines is 1. The smallest absolute Gasteiger partial charge is 0.327 e. The summed E-state index contributed by atoms with van der Waals surface area (Å²) in [5.41, 5.74) is -0.852. The van der Waals surface area contributed by atoms with E-state index >= 15 is 0 Å². The molecule has 0 saturated carbocycles. The van der Waals surface area contributed by atoms with E-state index < -0.39 is 22.7 Å². The molecule has 0 radical (unpaired) electrons. The Hall–Kier alpha value is -2.25. The van der Waals surface area contributed by atoms with Crippen molar-refractivity contribution in [2.45, 2.75) is 6.18 Å². The second kappa shape index (κ2) is 7.40. The number of alkyl halides is 3. The zero-order chi connectivity index (χ0) is 19.8. The first-order valence-electron chi connectivity index (χ1n) is 7.90. The van der Waals surface area contributed by atoms with Crippen LogP contribution in [0.15, 0.2) is 42.5 Å². The summed E-state index contributed by atoms with van der Waals surface area (Å²) in [5, 5.41) is -0.275. The van der Waals surface area contributed by atoms with Crippen LogP contribution in [0.5, 0.6) is 0 Å². The Bertz CT molecular complexity index is 902. The topological polar surface area (TPSA) is 40.6 Å². The van der Waals surface area contributed by atoms with Gasteiger partial charge >= 0.3 is 6.18 Å². The fourth-order valence-electron chi connectivity index (χ4n) is 2.86. The molecule has 1 saturated heterocycles. The molecular formula is C18H13Cl2F3N2O2. The van der Waals surface area contributed by atoms with Gasteiger partial charge in [-0.15, -0.1) is 0 Å². The lowest BCUT2D eigenvalue weighted by Gasteiger charge is -2.35. The van der Waals surface area contributed by atoms with Crippen LogP contribution in [0.1, 0.15) is 15.9 Å². The number of nitrogens with zero attached hydrogens (tertiary/aromatic N) is 2. The molecule has 1 aliphatic rings. The van der Waals surface area contributed by atoms with Gasteiger partial charge in [0.2, 0.25) is 5.91 Å². The van der Waals surface area contributed by atoms with Gasteiger partial charge in [-0.2, -0.15) is 13.2 Å². The van der Waals surface area contributed by atoms with E-state index in [2.05, 4.69) is 0 Å². The minimum Gasteiger partial charge on any atom is -0.327 e. The van der Waals surface area contributed by atoms with Crippen molar-refractivity contribution in [3.05, 3.63) is 63.6 Å². The molecule has 1 heterocycles. The van der Waals surface area contributed by atoms with E-state index in [1.54, 1.807) is 24.3 Å². The molecule has 27 heavy (non-hydrogen) atoms. The summed E-state index contributed by atoms with van der Waals surface area (Å²) in [6.07, 6.45) is -4.67. The number of hydrogen-bond acceptors (Lipinski definition) is 2. The van der Waals surface area contributed by atoms with E-state index in [-0.39, 0.29) is 31.1 Å². The van der Waals surface area contributed by atoms with Gasteiger partial charge in [-0.3, -0.25) is 9.59 Å². The predicted octanol–water partition coefficient (Wildman–Crippen LogP) is 4.50. The maximum Gasteiger partial charge on any atom is 0.417 e. The van der Waals surface area contributed by atoms with Gasteiger partial charge in [0, 0.05) is 13.1 Å². The molecule has 0 aromatic heterocycles. The van der Waals surface area contributed by atoms with Crippen molar-refractivity contribution in [3.8, 4) is 0 Å². The van der Waals surface area contributed by atoms with E-state index in [9.17, 15) is 22.8 Å². The van der Waals surface area contributed by atoms with E-state index in [1.165, 1.54) is 15.9 Å². The first-order valence-corrected chi connectivity index (χ1v) is 8.65. The number of carbonyl (C=O) groups excluding carboxylic acids is 2. The second-order valence-corrected chi connectivity index (χ2v) is 6.67. The molecule has 0 spiro atoms. The van der Waals surface area contributed by atoms with Crippen LogP contribution in [0, 0.1) is 0 Å². The minimum atomic E-state index is -4.67. The molecule has 0 aliphatic carbocycles. The standard InChI is InChI=1S/C18H13Cl2F3N2O2/c19-13-6-1-2-7-14(13)25-9-8-24(10-15(25)26)17(27)11-4-3-5-12(16(11)20)18(21,22)23/h1-7H,8-10H2. The highest BCUT2D eigenvalue weighted by Gasteiger charge is 2.36. The van der Waals surface area contributed by atoms with Crippen LogP contribution in [0.25, 0.3) is 0 Å².